The van der Waals surface area contributed by atoms with Crippen molar-refractivity contribution in [2.45, 2.75) is 44.7 Å². The lowest BCUT2D eigenvalue weighted by Crippen LogP contribution is -2.46. The van der Waals surface area contributed by atoms with Crippen LogP contribution >= 0.6 is 0 Å². The number of rotatable bonds is 5. The molecule has 1 amide bonds. The molecule has 3 atom stereocenters. The third-order valence-electron chi connectivity index (χ3n) is 5.18. The second kappa shape index (κ2) is 8.30. The number of carbonyl (C=O) groups excluding carboxylic acids is 1. The standard InChI is InChI=1S/C22H28N2O/c1-16-15-20(13-14-23-16)22(25)24-17(2)21(18-9-5-3-6-10-18)19-11-7-4-8-12-19/h3-12,16-17,20-21,23H,13-15H2,1-2H3,(H,24,25)/t16-,17?,20-/m0/s1. The average molecular weight is 336 g/mol. The molecule has 2 aromatic carbocycles. The van der Waals surface area contributed by atoms with Crippen molar-refractivity contribution in [2.24, 2.45) is 5.92 Å². The van der Waals surface area contributed by atoms with Crippen LogP contribution in [0.5, 0.6) is 0 Å². The monoisotopic (exact) mass is 336 g/mol. The fourth-order valence-corrected chi connectivity index (χ4v) is 3.89. The number of hydrogen-bond acceptors (Lipinski definition) is 2. The minimum Gasteiger partial charge on any atom is -0.352 e. The molecular formula is C22H28N2O. The van der Waals surface area contributed by atoms with Gasteiger partial charge in [0.2, 0.25) is 5.91 Å². The molecule has 1 unspecified atom stereocenters. The molecule has 0 bridgehead atoms. The largest absolute Gasteiger partial charge is 0.352 e. The van der Waals surface area contributed by atoms with Gasteiger partial charge in [-0.25, -0.2) is 0 Å². The van der Waals surface area contributed by atoms with Crippen molar-refractivity contribution in [3.63, 3.8) is 0 Å². The summed E-state index contributed by atoms with van der Waals surface area (Å²) in [5, 5.41) is 6.72. The molecule has 3 nitrogen and oxygen atoms in total. The highest BCUT2D eigenvalue weighted by Crippen LogP contribution is 2.28. The Morgan fingerprint density at radius 1 is 1.04 bits per heavy atom. The van der Waals surface area contributed by atoms with E-state index in [0.29, 0.717) is 6.04 Å². The van der Waals surface area contributed by atoms with E-state index in [9.17, 15) is 4.79 Å². The maximum absolute atomic E-state index is 12.8. The third kappa shape index (κ3) is 4.49. The van der Waals surface area contributed by atoms with Crippen LogP contribution in [0, 0.1) is 5.92 Å². The van der Waals surface area contributed by atoms with Gasteiger partial charge in [-0.2, -0.15) is 0 Å². The van der Waals surface area contributed by atoms with Gasteiger partial charge in [-0.3, -0.25) is 4.79 Å². The molecule has 1 fully saturated rings. The fourth-order valence-electron chi connectivity index (χ4n) is 3.89. The van der Waals surface area contributed by atoms with Crippen LogP contribution in [0.15, 0.2) is 60.7 Å². The highest BCUT2D eigenvalue weighted by Gasteiger charge is 2.28. The van der Waals surface area contributed by atoms with E-state index in [1.54, 1.807) is 0 Å². The quantitative estimate of drug-likeness (QED) is 0.874. The lowest BCUT2D eigenvalue weighted by atomic mass is 9.85. The Morgan fingerprint density at radius 2 is 1.60 bits per heavy atom. The Hall–Kier alpha value is -2.13. The Morgan fingerprint density at radius 3 is 2.12 bits per heavy atom. The van der Waals surface area contributed by atoms with E-state index in [0.717, 1.165) is 19.4 Å². The molecule has 25 heavy (non-hydrogen) atoms. The zero-order chi connectivity index (χ0) is 17.6. The zero-order valence-corrected chi connectivity index (χ0v) is 15.1. The summed E-state index contributed by atoms with van der Waals surface area (Å²) in [5.41, 5.74) is 2.47. The van der Waals surface area contributed by atoms with Crippen LogP contribution in [0.2, 0.25) is 0 Å². The maximum atomic E-state index is 12.8. The normalized spacial score (nSPS) is 21.7. The lowest BCUT2D eigenvalue weighted by Gasteiger charge is -2.31. The molecule has 0 radical (unpaired) electrons. The minimum absolute atomic E-state index is 0.0440. The Balaban J connectivity index is 1.78. The summed E-state index contributed by atoms with van der Waals surface area (Å²) in [4.78, 5) is 12.8. The molecule has 3 rings (SSSR count). The van der Waals surface area contributed by atoms with Gasteiger partial charge in [0.1, 0.15) is 0 Å². The highest BCUT2D eigenvalue weighted by molar-refractivity contribution is 5.79. The molecule has 0 aromatic heterocycles. The van der Waals surface area contributed by atoms with Crippen LogP contribution in [-0.4, -0.2) is 24.5 Å². The van der Waals surface area contributed by atoms with E-state index in [4.69, 9.17) is 0 Å². The maximum Gasteiger partial charge on any atom is 0.223 e. The van der Waals surface area contributed by atoms with Gasteiger partial charge in [-0.05, 0) is 44.4 Å². The van der Waals surface area contributed by atoms with Crippen molar-refractivity contribution in [3.8, 4) is 0 Å². The van der Waals surface area contributed by atoms with Gasteiger partial charge in [-0.1, -0.05) is 60.7 Å². The number of benzene rings is 2. The van der Waals surface area contributed by atoms with Crippen molar-refractivity contribution >= 4 is 5.91 Å². The van der Waals surface area contributed by atoms with E-state index < -0.39 is 0 Å². The van der Waals surface area contributed by atoms with E-state index in [2.05, 4.69) is 73.0 Å². The average Bonchev–Trinajstić information content (AvgIpc) is 2.63. The summed E-state index contributed by atoms with van der Waals surface area (Å²) in [6, 6.07) is 21.4. The summed E-state index contributed by atoms with van der Waals surface area (Å²) in [6.07, 6.45) is 1.84. The highest BCUT2D eigenvalue weighted by atomic mass is 16.1. The van der Waals surface area contributed by atoms with E-state index in [1.165, 1.54) is 11.1 Å². The molecular weight excluding hydrogens is 308 g/mol. The molecule has 0 spiro atoms. The first-order valence-corrected chi connectivity index (χ1v) is 9.29. The molecule has 2 aromatic rings. The summed E-state index contributed by atoms with van der Waals surface area (Å²) < 4.78 is 0. The number of nitrogens with one attached hydrogen (secondary N) is 2. The summed E-state index contributed by atoms with van der Waals surface area (Å²) >= 11 is 0. The van der Waals surface area contributed by atoms with Crippen molar-refractivity contribution in [3.05, 3.63) is 71.8 Å². The Labute approximate surface area is 150 Å². The molecule has 0 aliphatic carbocycles. The first kappa shape index (κ1) is 17.7. The summed E-state index contributed by atoms with van der Waals surface area (Å²) in [5.74, 6) is 0.467. The zero-order valence-electron chi connectivity index (χ0n) is 15.1. The van der Waals surface area contributed by atoms with Crippen LogP contribution in [0.3, 0.4) is 0 Å². The first-order chi connectivity index (χ1) is 12.1. The minimum atomic E-state index is 0.0440. The molecule has 2 N–H and O–H groups in total. The predicted octanol–water partition coefficient (Wildman–Crippen LogP) is 3.71. The van der Waals surface area contributed by atoms with Gasteiger partial charge in [0.15, 0.2) is 0 Å². The van der Waals surface area contributed by atoms with Gasteiger partial charge < -0.3 is 10.6 Å². The van der Waals surface area contributed by atoms with E-state index in [-0.39, 0.29) is 23.8 Å². The van der Waals surface area contributed by atoms with Gasteiger partial charge in [0, 0.05) is 23.9 Å². The van der Waals surface area contributed by atoms with Crippen LogP contribution < -0.4 is 10.6 Å². The van der Waals surface area contributed by atoms with Crippen molar-refractivity contribution in [1.82, 2.24) is 10.6 Å². The van der Waals surface area contributed by atoms with Crippen molar-refractivity contribution in [2.75, 3.05) is 6.54 Å². The summed E-state index contributed by atoms with van der Waals surface area (Å²) in [6.45, 7) is 5.20. The van der Waals surface area contributed by atoms with Crippen molar-refractivity contribution in [1.29, 1.82) is 0 Å². The predicted molar refractivity (Wildman–Crippen MR) is 103 cm³/mol. The van der Waals surface area contributed by atoms with Gasteiger partial charge >= 0.3 is 0 Å². The van der Waals surface area contributed by atoms with E-state index >= 15 is 0 Å². The molecule has 0 saturated carbocycles. The van der Waals surface area contributed by atoms with E-state index in [1.807, 2.05) is 12.1 Å². The van der Waals surface area contributed by atoms with Gasteiger partial charge in [0.25, 0.3) is 0 Å². The molecule has 1 saturated heterocycles. The number of hydrogen-bond donors (Lipinski definition) is 2. The Kier molecular flexibility index (Phi) is 5.87. The van der Waals surface area contributed by atoms with Crippen LogP contribution in [0.1, 0.15) is 43.7 Å². The van der Waals surface area contributed by atoms with Gasteiger partial charge in [-0.15, -0.1) is 0 Å². The second-order valence-electron chi connectivity index (χ2n) is 7.17. The molecule has 1 aliphatic rings. The van der Waals surface area contributed by atoms with Crippen LogP contribution in [0.25, 0.3) is 0 Å². The Bertz CT molecular complexity index is 631. The molecule has 1 heterocycles. The topological polar surface area (TPSA) is 41.1 Å². The van der Waals surface area contributed by atoms with Crippen LogP contribution in [0.4, 0.5) is 0 Å². The second-order valence-corrected chi connectivity index (χ2v) is 7.17. The van der Waals surface area contributed by atoms with Crippen molar-refractivity contribution < 1.29 is 4.79 Å². The first-order valence-electron chi connectivity index (χ1n) is 9.29. The molecule has 3 heteroatoms. The fraction of sp³-hybridized carbons (Fsp3) is 0.409. The summed E-state index contributed by atoms with van der Waals surface area (Å²) in [7, 11) is 0. The number of amides is 1. The van der Waals surface area contributed by atoms with Crippen LogP contribution in [-0.2, 0) is 4.79 Å². The van der Waals surface area contributed by atoms with Gasteiger partial charge in [0.05, 0.1) is 0 Å². The number of carbonyl (C=O) groups is 1. The molecule has 132 valence electrons. The smallest absolute Gasteiger partial charge is 0.223 e. The SMILES string of the molecule is CC(NC(=O)[C@H]1CCN[C@@H](C)C1)C(c1ccccc1)c1ccccc1. The lowest BCUT2D eigenvalue weighted by molar-refractivity contribution is -0.126. The molecule has 1 aliphatic heterocycles. The number of piperidine rings is 1. The third-order valence-corrected chi connectivity index (χ3v) is 5.18.